The normalized spacial score (nSPS) is 17.2. The first-order chi connectivity index (χ1) is 8.74. The third kappa shape index (κ3) is 2.26. The van der Waals surface area contributed by atoms with E-state index in [2.05, 4.69) is 27.0 Å². The summed E-state index contributed by atoms with van der Waals surface area (Å²) in [4.78, 5) is 4.36. The molecule has 3 nitrogen and oxygen atoms in total. The molecular weight excluding hydrogens is 292 g/mol. The molecule has 1 aromatic carbocycles. The fourth-order valence-electron chi connectivity index (χ4n) is 2.44. The minimum absolute atomic E-state index is 0.912. The van der Waals surface area contributed by atoms with Crippen molar-refractivity contribution in [1.29, 1.82) is 0 Å². The third-order valence-corrected chi connectivity index (χ3v) is 4.03. The molecule has 0 aliphatic heterocycles. The van der Waals surface area contributed by atoms with E-state index in [1.54, 1.807) is 0 Å². The number of nitrogens with zero attached hydrogens (tertiary/aromatic N) is 2. The van der Waals surface area contributed by atoms with E-state index in [0.29, 0.717) is 0 Å². The number of aryl methyl sites for hydroxylation is 1. The van der Waals surface area contributed by atoms with E-state index in [-0.39, 0.29) is 0 Å². The van der Waals surface area contributed by atoms with Crippen molar-refractivity contribution >= 4 is 27.0 Å². The van der Waals surface area contributed by atoms with Crippen LogP contribution in [0.15, 0.2) is 22.9 Å². The van der Waals surface area contributed by atoms with Crippen LogP contribution < -0.4 is 4.74 Å². The molecule has 1 radical (unpaired) electrons. The summed E-state index contributed by atoms with van der Waals surface area (Å²) in [7, 11) is 2.00. The molecule has 0 atom stereocenters. The second-order valence-electron chi connectivity index (χ2n) is 4.83. The lowest BCUT2D eigenvalue weighted by atomic mass is 9.98. The molecule has 18 heavy (non-hydrogen) atoms. The molecule has 0 bridgehead atoms. The first-order valence-electron chi connectivity index (χ1n) is 6.37. The zero-order valence-electron chi connectivity index (χ0n) is 10.4. The molecule has 1 heterocycles. The Kier molecular flexibility index (Phi) is 3.29. The van der Waals surface area contributed by atoms with Crippen molar-refractivity contribution in [3.8, 4) is 5.75 Å². The summed E-state index contributed by atoms with van der Waals surface area (Å²) in [5, 5.41) is 0. The number of benzene rings is 1. The van der Waals surface area contributed by atoms with Crippen LogP contribution in [0.3, 0.4) is 0 Å². The van der Waals surface area contributed by atoms with Gasteiger partial charge in [0, 0.05) is 17.6 Å². The summed E-state index contributed by atoms with van der Waals surface area (Å²) in [5.74, 6) is 0.912. The standard InChI is InChI=1S/C14H16BrN2O/c1-17-9-16-14-12(15)7-11(8-13(14)17)18-10-5-3-2-4-6-10/h7-9H,2-6H2,1H3. The van der Waals surface area contributed by atoms with E-state index in [0.717, 1.165) is 34.1 Å². The summed E-state index contributed by atoms with van der Waals surface area (Å²) in [6.07, 6.45) is 9.08. The molecule has 0 amide bonds. The SMILES string of the molecule is Cn1cnc2c(Br)cc(O[C]3CCCCC3)cc21. The van der Waals surface area contributed by atoms with E-state index in [1.807, 2.05) is 24.0 Å². The molecular formula is C14H16BrN2O. The fraction of sp³-hybridized carbons (Fsp3) is 0.429. The van der Waals surface area contributed by atoms with Gasteiger partial charge in [0.15, 0.2) is 0 Å². The van der Waals surface area contributed by atoms with E-state index >= 15 is 0 Å². The number of hydrogen-bond acceptors (Lipinski definition) is 2. The fourth-order valence-corrected chi connectivity index (χ4v) is 2.97. The largest absolute Gasteiger partial charge is 0.483 e. The predicted octanol–water partition coefficient (Wildman–Crippen LogP) is 4.21. The second-order valence-corrected chi connectivity index (χ2v) is 5.68. The zero-order chi connectivity index (χ0) is 12.5. The summed E-state index contributed by atoms with van der Waals surface area (Å²) >= 11 is 3.56. The van der Waals surface area contributed by atoms with Gasteiger partial charge in [-0.1, -0.05) is 6.42 Å². The lowest BCUT2D eigenvalue weighted by Crippen LogP contribution is -2.10. The van der Waals surface area contributed by atoms with Crippen molar-refractivity contribution in [1.82, 2.24) is 9.55 Å². The average Bonchev–Trinajstić information content (AvgIpc) is 2.73. The number of imidazole rings is 1. The van der Waals surface area contributed by atoms with Crippen molar-refractivity contribution in [3.63, 3.8) is 0 Å². The Morgan fingerprint density at radius 3 is 2.78 bits per heavy atom. The Hall–Kier alpha value is -1.03. The number of ether oxygens (including phenoxy) is 1. The van der Waals surface area contributed by atoms with Gasteiger partial charge in [-0.2, -0.15) is 0 Å². The first kappa shape index (κ1) is 12.0. The Morgan fingerprint density at radius 2 is 2.00 bits per heavy atom. The molecule has 0 N–H and O–H groups in total. The smallest absolute Gasteiger partial charge is 0.148 e. The van der Waals surface area contributed by atoms with Gasteiger partial charge >= 0.3 is 0 Å². The highest BCUT2D eigenvalue weighted by atomic mass is 79.9. The quantitative estimate of drug-likeness (QED) is 0.831. The second kappa shape index (κ2) is 4.92. The minimum atomic E-state index is 0.912. The van der Waals surface area contributed by atoms with Crippen LogP contribution in [0.1, 0.15) is 32.1 Å². The summed E-state index contributed by atoms with van der Waals surface area (Å²) in [5.41, 5.74) is 2.08. The average molecular weight is 308 g/mol. The van der Waals surface area contributed by atoms with Gasteiger partial charge < -0.3 is 9.30 Å². The number of aromatic nitrogens is 2. The van der Waals surface area contributed by atoms with Gasteiger partial charge in [0.05, 0.1) is 11.8 Å². The highest BCUT2D eigenvalue weighted by Crippen LogP contribution is 2.33. The van der Waals surface area contributed by atoms with Crippen molar-refractivity contribution in [2.75, 3.05) is 0 Å². The Morgan fingerprint density at radius 1 is 1.22 bits per heavy atom. The maximum absolute atomic E-state index is 6.01. The number of hydrogen-bond donors (Lipinski definition) is 0. The number of fused-ring (bicyclic) bond motifs is 1. The highest BCUT2D eigenvalue weighted by molar-refractivity contribution is 9.10. The van der Waals surface area contributed by atoms with Gasteiger partial charge in [0.25, 0.3) is 0 Å². The highest BCUT2D eigenvalue weighted by Gasteiger charge is 2.17. The van der Waals surface area contributed by atoms with Crippen LogP contribution in [0, 0.1) is 6.10 Å². The van der Waals surface area contributed by atoms with Crippen LogP contribution in [0.4, 0.5) is 0 Å². The van der Waals surface area contributed by atoms with E-state index in [1.165, 1.54) is 25.4 Å². The Labute approximate surface area is 115 Å². The van der Waals surface area contributed by atoms with E-state index in [4.69, 9.17) is 4.74 Å². The van der Waals surface area contributed by atoms with Crippen LogP contribution in [-0.2, 0) is 7.05 Å². The number of halogens is 1. The van der Waals surface area contributed by atoms with Crippen LogP contribution in [0.2, 0.25) is 0 Å². The van der Waals surface area contributed by atoms with Crippen molar-refractivity contribution < 1.29 is 4.74 Å². The minimum Gasteiger partial charge on any atom is -0.483 e. The summed E-state index contributed by atoms with van der Waals surface area (Å²) < 4.78 is 9.02. The zero-order valence-corrected chi connectivity index (χ0v) is 12.0. The van der Waals surface area contributed by atoms with Crippen LogP contribution >= 0.6 is 15.9 Å². The van der Waals surface area contributed by atoms with Gasteiger partial charge in [0.1, 0.15) is 17.4 Å². The predicted molar refractivity (Wildman–Crippen MR) is 75.4 cm³/mol. The molecule has 1 saturated carbocycles. The molecule has 0 unspecified atom stereocenters. The first-order valence-corrected chi connectivity index (χ1v) is 7.16. The lowest BCUT2D eigenvalue weighted by molar-refractivity contribution is 0.260. The molecule has 0 spiro atoms. The van der Waals surface area contributed by atoms with Gasteiger partial charge in [-0.05, 0) is 47.7 Å². The summed E-state index contributed by atoms with van der Waals surface area (Å²) in [6, 6.07) is 4.08. The molecule has 1 aliphatic carbocycles. The van der Waals surface area contributed by atoms with Crippen molar-refractivity contribution in [3.05, 3.63) is 29.0 Å². The monoisotopic (exact) mass is 307 g/mol. The molecule has 4 heteroatoms. The van der Waals surface area contributed by atoms with E-state index in [9.17, 15) is 0 Å². The number of rotatable bonds is 2. The molecule has 2 aromatic rings. The van der Waals surface area contributed by atoms with Crippen LogP contribution in [0.25, 0.3) is 11.0 Å². The van der Waals surface area contributed by atoms with Gasteiger partial charge in [-0.25, -0.2) is 4.98 Å². The van der Waals surface area contributed by atoms with Crippen molar-refractivity contribution in [2.24, 2.45) is 7.05 Å². The molecule has 1 aliphatic rings. The molecule has 1 aromatic heterocycles. The molecule has 3 rings (SSSR count). The Balaban J connectivity index is 1.89. The summed E-state index contributed by atoms with van der Waals surface area (Å²) in [6.45, 7) is 0. The maximum Gasteiger partial charge on any atom is 0.148 e. The van der Waals surface area contributed by atoms with Crippen LogP contribution in [-0.4, -0.2) is 9.55 Å². The Bertz CT molecular complexity index is 558. The topological polar surface area (TPSA) is 27.1 Å². The van der Waals surface area contributed by atoms with Gasteiger partial charge in [-0.3, -0.25) is 0 Å². The molecule has 95 valence electrons. The van der Waals surface area contributed by atoms with Gasteiger partial charge in [-0.15, -0.1) is 0 Å². The maximum atomic E-state index is 6.01. The van der Waals surface area contributed by atoms with Gasteiger partial charge in [0.2, 0.25) is 0 Å². The molecule has 1 fully saturated rings. The van der Waals surface area contributed by atoms with E-state index < -0.39 is 0 Å². The lowest BCUT2D eigenvalue weighted by Gasteiger charge is -2.21. The van der Waals surface area contributed by atoms with Crippen molar-refractivity contribution in [2.45, 2.75) is 32.1 Å². The molecule has 0 saturated heterocycles. The third-order valence-electron chi connectivity index (χ3n) is 3.43. The van der Waals surface area contributed by atoms with Crippen LogP contribution in [0.5, 0.6) is 5.75 Å².